The molecule has 0 aliphatic carbocycles. The van der Waals surface area contributed by atoms with Crippen LogP contribution in [0.3, 0.4) is 0 Å². The van der Waals surface area contributed by atoms with Gasteiger partial charge in [0.1, 0.15) is 11.6 Å². The Bertz CT molecular complexity index is 953. The molecule has 0 radical (unpaired) electrons. The molecule has 0 unspecified atom stereocenters. The highest BCUT2D eigenvalue weighted by molar-refractivity contribution is 5.81. The van der Waals surface area contributed by atoms with Gasteiger partial charge in [-0.25, -0.2) is 9.37 Å². The Balaban J connectivity index is 1.92. The number of aryl methyl sites for hydroxylation is 2. The lowest BCUT2D eigenvalue weighted by atomic mass is 10.1. The van der Waals surface area contributed by atoms with Gasteiger partial charge in [0.25, 0.3) is 0 Å². The molecule has 0 spiro atoms. The number of nitrogens with zero attached hydrogens (tertiary/aromatic N) is 4. The largest absolute Gasteiger partial charge is 0.345 e. The first kappa shape index (κ1) is 17.0. The van der Waals surface area contributed by atoms with E-state index in [1.807, 2.05) is 11.4 Å². The molecule has 1 aliphatic heterocycles. The monoisotopic (exact) mass is 354 g/mol. The second kappa shape index (κ2) is 6.36. The summed E-state index contributed by atoms with van der Waals surface area (Å²) >= 11 is 0. The van der Waals surface area contributed by atoms with Crippen molar-refractivity contribution in [2.45, 2.75) is 20.8 Å². The number of hydrogen-bond acceptors (Lipinski definition) is 3. The summed E-state index contributed by atoms with van der Waals surface area (Å²) in [5.41, 5.74) is 5.87. The van der Waals surface area contributed by atoms with E-state index in [1.54, 1.807) is 17.0 Å². The molecule has 0 saturated carbocycles. The van der Waals surface area contributed by atoms with E-state index in [0.29, 0.717) is 0 Å². The van der Waals surface area contributed by atoms with Gasteiger partial charge in [-0.15, -0.1) is 0 Å². The summed E-state index contributed by atoms with van der Waals surface area (Å²) in [6, 6.07) is 6.58. The minimum Gasteiger partial charge on any atom is -0.345 e. The molecular formula is C20H25FN5+. The van der Waals surface area contributed by atoms with Crippen molar-refractivity contribution in [1.82, 2.24) is 14.6 Å². The number of likely N-dealkylation sites (N-methyl/N-ethyl adjacent to an activating group) is 1. The number of rotatable bonds is 2. The zero-order chi connectivity index (χ0) is 18.4. The zero-order valence-electron chi connectivity index (χ0n) is 15.8. The van der Waals surface area contributed by atoms with Crippen LogP contribution in [-0.2, 0) is 0 Å². The predicted octanol–water partition coefficient (Wildman–Crippen LogP) is 1.80. The van der Waals surface area contributed by atoms with Crippen LogP contribution >= 0.6 is 0 Å². The lowest BCUT2D eigenvalue weighted by Gasteiger charge is -2.32. The molecule has 1 N–H and O–H groups in total. The highest BCUT2D eigenvalue weighted by Crippen LogP contribution is 2.32. The summed E-state index contributed by atoms with van der Waals surface area (Å²) in [7, 11) is 2.24. The van der Waals surface area contributed by atoms with Crippen molar-refractivity contribution in [2.75, 3.05) is 38.1 Å². The molecule has 26 heavy (non-hydrogen) atoms. The fraction of sp³-hybridized carbons (Fsp3) is 0.400. The molecule has 5 nitrogen and oxygen atoms in total. The highest BCUT2D eigenvalue weighted by atomic mass is 19.1. The summed E-state index contributed by atoms with van der Waals surface area (Å²) in [5, 5.41) is 4.82. The number of fused-ring (bicyclic) bond motifs is 1. The molecule has 3 heterocycles. The van der Waals surface area contributed by atoms with E-state index in [2.05, 4.69) is 25.8 Å². The molecule has 136 valence electrons. The van der Waals surface area contributed by atoms with Gasteiger partial charge in [-0.2, -0.15) is 9.61 Å². The lowest BCUT2D eigenvalue weighted by molar-refractivity contribution is -0.880. The second-order valence-electron chi connectivity index (χ2n) is 7.29. The topological polar surface area (TPSA) is 37.9 Å². The SMILES string of the molecule is Cc1nc2c(-c3ccc(F)cc3)c(C)nn2c(N2CC[NH+](C)CC2)c1C. The molecule has 1 aromatic carbocycles. The number of piperazine rings is 1. The Hall–Kier alpha value is -2.47. The highest BCUT2D eigenvalue weighted by Gasteiger charge is 2.25. The van der Waals surface area contributed by atoms with E-state index in [-0.39, 0.29) is 5.82 Å². The van der Waals surface area contributed by atoms with Crippen LogP contribution in [0.2, 0.25) is 0 Å². The van der Waals surface area contributed by atoms with E-state index in [4.69, 9.17) is 10.1 Å². The molecule has 2 aromatic heterocycles. The second-order valence-corrected chi connectivity index (χ2v) is 7.29. The summed E-state index contributed by atoms with van der Waals surface area (Å²) in [4.78, 5) is 8.82. The minimum absolute atomic E-state index is 0.233. The number of hydrogen-bond donors (Lipinski definition) is 1. The van der Waals surface area contributed by atoms with Gasteiger partial charge in [-0.3, -0.25) is 0 Å². The number of benzene rings is 1. The van der Waals surface area contributed by atoms with Gasteiger partial charge in [-0.1, -0.05) is 12.1 Å². The third-order valence-corrected chi connectivity index (χ3v) is 5.44. The first-order valence-electron chi connectivity index (χ1n) is 9.14. The Kier molecular flexibility index (Phi) is 4.15. The standard InChI is InChI=1S/C20H24FN5/c1-13-14(2)22-19-18(16-5-7-17(21)8-6-16)15(3)23-26(19)20(13)25-11-9-24(4)10-12-25/h5-8H,9-12H2,1-4H3/p+1. The van der Waals surface area contributed by atoms with Gasteiger partial charge in [0.2, 0.25) is 0 Å². The molecule has 1 saturated heterocycles. The predicted molar refractivity (Wildman–Crippen MR) is 101 cm³/mol. The van der Waals surface area contributed by atoms with E-state index < -0.39 is 0 Å². The Morgan fingerprint density at radius 1 is 1.00 bits per heavy atom. The van der Waals surface area contributed by atoms with Gasteiger partial charge in [0.15, 0.2) is 5.65 Å². The van der Waals surface area contributed by atoms with Crippen molar-refractivity contribution in [3.8, 4) is 11.1 Å². The molecule has 0 atom stereocenters. The van der Waals surface area contributed by atoms with Crippen LogP contribution < -0.4 is 9.80 Å². The van der Waals surface area contributed by atoms with Crippen molar-refractivity contribution in [3.05, 3.63) is 47.0 Å². The van der Waals surface area contributed by atoms with E-state index in [9.17, 15) is 4.39 Å². The molecule has 6 heteroatoms. The van der Waals surface area contributed by atoms with E-state index in [0.717, 1.165) is 60.2 Å². The molecule has 0 bridgehead atoms. The average Bonchev–Trinajstić information content (AvgIpc) is 2.93. The molecule has 4 rings (SSSR count). The maximum absolute atomic E-state index is 13.4. The van der Waals surface area contributed by atoms with E-state index in [1.165, 1.54) is 17.7 Å². The van der Waals surface area contributed by atoms with Crippen LogP contribution in [0.1, 0.15) is 17.0 Å². The number of quaternary nitrogens is 1. The Morgan fingerprint density at radius 2 is 1.65 bits per heavy atom. The average molecular weight is 354 g/mol. The van der Waals surface area contributed by atoms with Crippen molar-refractivity contribution >= 4 is 11.5 Å². The fourth-order valence-electron chi connectivity index (χ4n) is 3.76. The van der Waals surface area contributed by atoms with Gasteiger partial charge in [0, 0.05) is 16.8 Å². The van der Waals surface area contributed by atoms with E-state index >= 15 is 0 Å². The maximum Gasteiger partial charge on any atom is 0.165 e. The van der Waals surface area contributed by atoms with Crippen LogP contribution in [0, 0.1) is 26.6 Å². The minimum atomic E-state index is -0.233. The first-order valence-corrected chi connectivity index (χ1v) is 9.14. The fourth-order valence-corrected chi connectivity index (χ4v) is 3.76. The third kappa shape index (κ3) is 2.74. The molecule has 1 fully saturated rings. The first-order chi connectivity index (χ1) is 12.5. The van der Waals surface area contributed by atoms with Gasteiger partial charge in [-0.05, 0) is 38.5 Å². The third-order valence-electron chi connectivity index (χ3n) is 5.44. The number of nitrogens with one attached hydrogen (secondary N) is 1. The Labute approximate surface area is 153 Å². The lowest BCUT2D eigenvalue weighted by Crippen LogP contribution is -3.12. The number of aromatic nitrogens is 3. The Morgan fingerprint density at radius 3 is 2.31 bits per heavy atom. The summed E-state index contributed by atoms with van der Waals surface area (Å²) in [6.45, 7) is 10.4. The van der Waals surface area contributed by atoms with Crippen LogP contribution in [-0.4, -0.2) is 47.8 Å². The van der Waals surface area contributed by atoms with Crippen LogP contribution in [0.4, 0.5) is 10.2 Å². The van der Waals surface area contributed by atoms with Crippen molar-refractivity contribution in [2.24, 2.45) is 0 Å². The summed E-state index contributed by atoms with van der Waals surface area (Å²) in [5.74, 6) is 0.903. The van der Waals surface area contributed by atoms with Crippen LogP contribution in [0.15, 0.2) is 24.3 Å². The normalized spacial score (nSPS) is 15.8. The number of anilines is 1. The van der Waals surface area contributed by atoms with Crippen molar-refractivity contribution < 1.29 is 9.29 Å². The zero-order valence-corrected chi connectivity index (χ0v) is 15.8. The smallest absolute Gasteiger partial charge is 0.165 e. The number of halogens is 1. The molecular weight excluding hydrogens is 329 g/mol. The maximum atomic E-state index is 13.4. The molecule has 3 aromatic rings. The van der Waals surface area contributed by atoms with Gasteiger partial charge in [0.05, 0.1) is 38.9 Å². The summed E-state index contributed by atoms with van der Waals surface area (Å²) in [6.07, 6.45) is 0. The molecule has 0 amide bonds. The van der Waals surface area contributed by atoms with Crippen molar-refractivity contribution in [3.63, 3.8) is 0 Å². The molecule has 1 aliphatic rings. The van der Waals surface area contributed by atoms with Crippen LogP contribution in [0.25, 0.3) is 16.8 Å². The summed E-state index contributed by atoms with van der Waals surface area (Å²) < 4.78 is 15.3. The quantitative estimate of drug-likeness (QED) is 0.763. The van der Waals surface area contributed by atoms with Gasteiger partial charge < -0.3 is 9.80 Å². The van der Waals surface area contributed by atoms with Gasteiger partial charge >= 0.3 is 0 Å². The van der Waals surface area contributed by atoms with Crippen LogP contribution in [0.5, 0.6) is 0 Å². The van der Waals surface area contributed by atoms with Crippen molar-refractivity contribution in [1.29, 1.82) is 0 Å².